The Labute approximate surface area is 96.8 Å². The fraction of sp³-hybridized carbons (Fsp3) is 0.455. The molecule has 2 aliphatic heterocycles. The van der Waals surface area contributed by atoms with Gasteiger partial charge < -0.3 is 5.32 Å². The van der Waals surface area contributed by atoms with Gasteiger partial charge in [-0.3, -0.25) is 0 Å². The molecule has 2 aliphatic rings. The molecule has 0 radical (unpaired) electrons. The van der Waals surface area contributed by atoms with E-state index < -0.39 is 0 Å². The molecular weight excluding hydrogens is 258 g/mol. The smallest absolute Gasteiger partial charge is 0.0523 e. The molecule has 74 valence electrons. The molecule has 0 aromatic heterocycles. The summed E-state index contributed by atoms with van der Waals surface area (Å²) < 4.78 is 1.22. The minimum absolute atomic E-state index is 0.685. The molecular formula is C11H12BrNS. The quantitative estimate of drug-likeness (QED) is 0.774. The molecule has 1 nitrogen and oxygen atoms in total. The van der Waals surface area contributed by atoms with Crippen molar-refractivity contribution in [1.29, 1.82) is 0 Å². The van der Waals surface area contributed by atoms with Gasteiger partial charge in [0.25, 0.3) is 0 Å². The van der Waals surface area contributed by atoms with Crippen LogP contribution in [0.5, 0.6) is 0 Å². The van der Waals surface area contributed by atoms with Crippen LogP contribution in [0.4, 0.5) is 5.69 Å². The van der Waals surface area contributed by atoms with Crippen LogP contribution in [-0.2, 0) is 0 Å². The largest absolute Gasteiger partial charge is 0.380 e. The normalized spacial score (nSPS) is 29.2. The average Bonchev–Trinajstić information content (AvgIpc) is 2.59. The number of para-hydroxylation sites is 1. The number of halogens is 1. The van der Waals surface area contributed by atoms with Crippen LogP contribution in [0.1, 0.15) is 17.9 Å². The van der Waals surface area contributed by atoms with Crippen molar-refractivity contribution in [2.75, 3.05) is 16.8 Å². The maximum atomic E-state index is 3.64. The molecule has 2 heterocycles. The zero-order valence-corrected chi connectivity index (χ0v) is 10.2. The second kappa shape index (κ2) is 3.46. The molecule has 1 fully saturated rings. The molecule has 0 aliphatic carbocycles. The molecule has 0 spiro atoms. The lowest BCUT2D eigenvalue weighted by molar-refractivity contribution is 0.614. The van der Waals surface area contributed by atoms with Crippen LogP contribution >= 0.6 is 27.7 Å². The highest BCUT2D eigenvalue weighted by molar-refractivity contribution is 9.10. The fourth-order valence-electron chi connectivity index (χ4n) is 2.40. The van der Waals surface area contributed by atoms with E-state index in [9.17, 15) is 0 Å². The van der Waals surface area contributed by atoms with Crippen LogP contribution in [0.25, 0.3) is 0 Å². The minimum Gasteiger partial charge on any atom is -0.380 e. The van der Waals surface area contributed by atoms with Gasteiger partial charge in [-0.05, 0) is 39.7 Å². The van der Waals surface area contributed by atoms with Gasteiger partial charge in [-0.1, -0.05) is 12.1 Å². The first-order chi connectivity index (χ1) is 6.86. The monoisotopic (exact) mass is 269 g/mol. The van der Waals surface area contributed by atoms with Crippen molar-refractivity contribution in [3.8, 4) is 0 Å². The van der Waals surface area contributed by atoms with E-state index >= 15 is 0 Å². The van der Waals surface area contributed by atoms with Gasteiger partial charge in [-0.2, -0.15) is 11.8 Å². The third-order valence-corrected chi connectivity index (χ3v) is 4.91. The number of hydrogen-bond donors (Lipinski definition) is 1. The first-order valence-corrected chi connectivity index (χ1v) is 6.94. The summed E-state index contributed by atoms with van der Waals surface area (Å²) in [4.78, 5) is 0. The average molecular weight is 270 g/mol. The van der Waals surface area contributed by atoms with Crippen LogP contribution in [0.2, 0.25) is 0 Å². The summed E-state index contributed by atoms with van der Waals surface area (Å²) in [5.41, 5.74) is 2.85. The van der Waals surface area contributed by atoms with E-state index in [1.165, 1.54) is 33.7 Å². The molecule has 2 atom stereocenters. The lowest BCUT2D eigenvalue weighted by Crippen LogP contribution is -2.26. The summed E-state index contributed by atoms with van der Waals surface area (Å²) in [5, 5.41) is 3.64. The molecule has 2 unspecified atom stereocenters. The predicted octanol–water partition coefficient (Wildman–Crippen LogP) is 3.46. The standard InChI is InChI=1S/C11H12BrNS/c12-9-3-1-2-7-8-6-14-5-4-10(8)13-11(7)9/h1-3,8,10,13H,4-6H2. The van der Waals surface area contributed by atoms with Crippen molar-refractivity contribution in [2.45, 2.75) is 18.4 Å². The van der Waals surface area contributed by atoms with Crippen LogP contribution in [-0.4, -0.2) is 17.5 Å². The number of thioether (sulfide) groups is 1. The van der Waals surface area contributed by atoms with Crippen molar-refractivity contribution >= 4 is 33.4 Å². The van der Waals surface area contributed by atoms with Gasteiger partial charge in [0.15, 0.2) is 0 Å². The molecule has 3 rings (SSSR count). The van der Waals surface area contributed by atoms with E-state index in [-0.39, 0.29) is 0 Å². The Hall–Kier alpha value is -0.150. The van der Waals surface area contributed by atoms with Gasteiger partial charge in [-0.25, -0.2) is 0 Å². The summed E-state index contributed by atoms with van der Waals surface area (Å²) in [7, 11) is 0. The molecule has 1 N–H and O–H groups in total. The first kappa shape index (κ1) is 9.10. The maximum Gasteiger partial charge on any atom is 0.0523 e. The van der Waals surface area contributed by atoms with Gasteiger partial charge >= 0.3 is 0 Å². The number of hydrogen-bond acceptors (Lipinski definition) is 2. The lowest BCUT2D eigenvalue weighted by Gasteiger charge is -2.24. The number of rotatable bonds is 0. The van der Waals surface area contributed by atoms with Gasteiger partial charge in [0, 0.05) is 22.2 Å². The van der Waals surface area contributed by atoms with Crippen molar-refractivity contribution in [1.82, 2.24) is 0 Å². The third kappa shape index (κ3) is 1.29. The maximum absolute atomic E-state index is 3.64. The summed E-state index contributed by atoms with van der Waals surface area (Å²) >= 11 is 5.70. The van der Waals surface area contributed by atoms with Crippen LogP contribution in [0.3, 0.4) is 0 Å². The molecule has 14 heavy (non-hydrogen) atoms. The number of nitrogens with one attached hydrogen (secondary N) is 1. The molecule has 3 heteroatoms. The summed E-state index contributed by atoms with van der Waals surface area (Å²) in [6.07, 6.45) is 1.30. The van der Waals surface area contributed by atoms with Gasteiger partial charge in [0.2, 0.25) is 0 Å². The minimum atomic E-state index is 0.685. The lowest BCUT2D eigenvalue weighted by atomic mass is 9.95. The Morgan fingerprint density at radius 1 is 1.43 bits per heavy atom. The summed E-state index contributed by atoms with van der Waals surface area (Å²) in [6, 6.07) is 7.22. The Balaban J connectivity index is 2.05. The molecule has 1 saturated heterocycles. The van der Waals surface area contributed by atoms with Crippen molar-refractivity contribution in [2.24, 2.45) is 0 Å². The third-order valence-electron chi connectivity index (χ3n) is 3.13. The number of anilines is 1. The van der Waals surface area contributed by atoms with E-state index in [4.69, 9.17) is 0 Å². The highest BCUT2D eigenvalue weighted by Gasteiger charge is 2.34. The number of benzene rings is 1. The molecule has 1 aromatic carbocycles. The van der Waals surface area contributed by atoms with Crippen LogP contribution in [0.15, 0.2) is 22.7 Å². The molecule has 0 amide bonds. The Morgan fingerprint density at radius 3 is 3.29 bits per heavy atom. The second-order valence-electron chi connectivity index (χ2n) is 3.92. The van der Waals surface area contributed by atoms with E-state index in [1.54, 1.807) is 0 Å². The van der Waals surface area contributed by atoms with Crippen LogP contribution < -0.4 is 5.32 Å². The second-order valence-corrected chi connectivity index (χ2v) is 5.93. The van der Waals surface area contributed by atoms with E-state index in [0.717, 1.165) is 5.92 Å². The van der Waals surface area contributed by atoms with Crippen molar-refractivity contribution < 1.29 is 0 Å². The highest BCUT2D eigenvalue weighted by atomic mass is 79.9. The summed E-state index contributed by atoms with van der Waals surface area (Å²) in [5.74, 6) is 3.32. The van der Waals surface area contributed by atoms with E-state index in [0.29, 0.717) is 6.04 Å². The zero-order chi connectivity index (χ0) is 9.54. The topological polar surface area (TPSA) is 12.0 Å². The van der Waals surface area contributed by atoms with E-state index in [2.05, 4.69) is 51.2 Å². The zero-order valence-electron chi connectivity index (χ0n) is 7.79. The van der Waals surface area contributed by atoms with Gasteiger partial charge in [0.1, 0.15) is 0 Å². The molecule has 0 bridgehead atoms. The SMILES string of the molecule is Brc1cccc2c1NC1CCSCC21. The summed E-state index contributed by atoms with van der Waals surface area (Å²) in [6.45, 7) is 0. The van der Waals surface area contributed by atoms with E-state index in [1.807, 2.05) is 0 Å². The van der Waals surface area contributed by atoms with Crippen LogP contribution in [0, 0.1) is 0 Å². The molecule has 1 aromatic rings. The highest BCUT2D eigenvalue weighted by Crippen LogP contribution is 2.45. The Kier molecular flexibility index (Phi) is 2.25. The first-order valence-electron chi connectivity index (χ1n) is 4.99. The van der Waals surface area contributed by atoms with Gasteiger partial charge in [-0.15, -0.1) is 0 Å². The van der Waals surface area contributed by atoms with Crippen molar-refractivity contribution in [3.05, 3.63) is 28.2 Å². The predicted molar refractivity (Wildman–Crippen MR) is 66.2 cm³/mol. The van der Waals surface area contributed by atoms with Crippen molar-refractivity contribution in [3.63, 3.8) is 0 Å². The Bertz CT molecular complexity index is 366. The number of fused-ring (bicyclic) bond motifs is 3. The molecule has 0 saturated carbocycles. The fourth-order valence-corrected chi connectivity index (χ4v) is 4.15. The van der Waals surface area contributed by atoms with Gasteiger partial charge in [0.05, 0.1) is 5.69 Å². The Morgan fingerprint density at radius 2 is 2.36 bits per heavy atom.